The normalized spacial score (nSPS) is 11.5. The van der Waals surface area contributed by atoms with Crippen molar-refractivity contribution < 1.29 is 22.4 Å². The first kappa shape index (κ1) is 22.9. The van der Waals surface area contributed by atoms with Crippen LogP contribution in [0.15, 0.2) is 70.2 Å². The maximum absolute atomic E-state index is 13.3. The zero-order valence-corrected chi connectivity index (χ0v) is 18.7. The lowest BCUT2D eigenvalue weighted by Gasteiger charge is -2.21. The standard InChI is InChI=1S/C22H23ClN2O5S/c1-3-29-18-8-10-20(11-9-18)31(27,28)25(14-19-5-4-12-30-19)15-22(26)24-21-13-17(23)7-6-16(21)2/h4-13H,3,14-15H2,1-2H3,(H,24,26). The zero-order valence-electron chi connectivity index (χ0n) is 17.2. The maximum atomic E-state index is 13.3. The van der Waals surface area contributed by atoms with Gasteiger partial charge in [0, 0.05) is 10.7 Å². The van der Waals surface area contributed by atoms with E-state index >= 15 is 0 Å². The fourth-order valence-electron chi connectivity index (χ4n) is 2.90. The molecule has 0 bridgehead atoms. The van der Waals surface area contributed by atoms with Crippen LogP contribution in [-0.4, -0.2) is 31.8 Å². The number of ether oxygens (including phenoxy) is 1. The minimum absolute atomic E-state index is 0.0502. The first-order valence-electron chi connectivity index (χ1n) is 9.61. The molecule has 164 valence electrons. The van der Waals surface area contributed by atoms with Crippen molar-refractivity contribution >= 4 is 33.2 Å². The second-order valence-corrected chi connectivity index (χ2v) is 9.14. The van der Waals surface area contributed by atoms with Gasteiger partial charge in [-0.15, -0.1) is 0 Å². The Morgan fingerprint density at radius 1 is 1.16 bits per heavy atom. The van der Waals surface area contributed by atoms with E-state index in [1.807, 2.05) is 13.8 Å². The van der Waals surface area contributed by atoms with Gasteiger partial charge in [0.25, 0.3) is 0 Å². The summed E-state index contributed by atoms with van der Waals surface area (Å²) in [5.74, 6) is 0.487. The molecule has 0 saturated heterocycles. The van der Waals surface area contributed by atoms with Gasteiger partial charge in [0.15, 0.2) is 0 Å². The van der Waals surface area contributed by atoms with Crippen molar-refractivity contribution in [2.24, 2.45) is 0 Å². The monoisotopic (exact) mass is 462 g/mol. The van der Waals surface area contributed by atoms with Crippen LogP contribution in [0.4, 0.5) is 5.69 Å². The lowest BCUT2D eigenvalue weighted by molar-refractivity contribution is -0.116. The first-order valence-corrected chi connectivity index (χ1v) is 11.4. The van der Waals surface area contributed by atoms with E-state index in [9.17, 15) is 13.2 Å². The molecule has 3 rings (SSSR count). The third-order valence-electron chi connectivity index (χ3n) is 4.48. The van der Waals surface area contributed by atoms with Gasteiger partial charge in [0.05, 0.1) is 30.9 Å². The van der Waals surface area contributed by atoms with E-state index in [-0.39, 0.29) is 11.4 Å². The van der Waals surface area contributed by atoms with Crippen molar-refractivity contribution in [3.8, 4) is 5.75 Å². The summed E-state index contributed by atoms with van der Waals surface area (Å²) in [7, 11) is -3.98. The molecule has 1 heterocycles. The number of carbonyl (C=O) groups excluding carboxylic acids is 1. The summed E-state index contributed by atoms with van der Waals surface area (Å²) >= 11 is 6.01. The van der Waals surface area contributed by atoms with Crippen molar-refractivity contribution in [2.45, 2.75) is 25.3 Å². The fourth-order valence-corrected chi connectivity index (χ4v) is 4.44. The number of sulfonamides is 1. The highest BCUT2D eigenvalue weighted by Crippen LogP contribution is 2.23. The third-order valence-corrected chi connectivity index (χ3v) is 6.52. The van der Waals surface area contributed by atoms with Crippen LogP contribution in [0.2, 0.25) is 5.02 Å². The van der Waals surface area contributed by atoms with Gasteiger partial charge >= 0.3 is 0 Å². The molecular weight excluding hydrogens is 440 g/mol. The number of hydrogen-bond acceptors (Lipinski definition) is 5. The molecule has 0 unspecified atom stereocenters. The number of nitrogens with zero attached hydrogens (tertiary/aromatic N) is 1. The van der Waals surface area contributed by atoms with Crippen molar-refractivity contribution in [1.82, 2.24) is 4.31 Å². The molecule has 1 N–H and O–H groups in total. The minimum Gasteiger partial charge on any atom is -0.494 e. The largest absolute Gasteiger partial charge is 0.494 e. The molecule has 31 heavy (non-hydrogen) atoms. The van der Waals surface area contributed by atoms with E-state index in [1.165, 1.54) is 18.4 Å². The minimum atomic E-state index is -3.98. The van der Waals surface area contributed by atoms with E-state index in [0.717, 1.165) is 9.87 Å². The number of anilines is 1. The van der Waals surface area contributed by atoms with Gasteiger partial charge in [-0.05, 0) is 67.9 Å². The Morgan fingerprint density at radius 3 is 2.55 bits per heavy atom. The Hall–Kier alpha value is -2.81. The predicted molar refractivity (Wildman–Crippen MR) is 119 cm³/mol. The first-order chi connectivity index (χ1) is 14.8. The van der Waals surface area contributed by atoms with E-state index in [4.69, 9.17) is 20.8 Å². The molecule has 0 atom stereocenters. The Bertz CT molecular complexity index is 1130. The van der Waals surface area contributed by atoms with Crippen molar-refractivity contribution in [1.29, 1.82) is 0 Å². The second-order valence-electron chi connectivity index (χ2n) is 6.76. The number of rotatable bonds is 9. The molecule has 0 fully saturated rings. The molecule has 0 aliphatic rings. The van der Waals surface area contributed by atoms with Crippen LogP contribution in [0.5, 0.6) is 5.75 Å². The summed E-state index contributed by atoms with van der Waals surface area (Å²) in [4.78, 5) is 12.8. The second kappa shape index (κ2) is 10.00. The van der Waals surface area contributed by atoms with Crippen molar-refractivity contribution in [3.05, 3.63) is 77.2 Å². The Morgan fingerprint density at radius 2 is 1.90 bits per heavy atom. The molecule has 0 radical (unpaired) electrons. The smallest absolute Gasteiger partial charge is 0.243 e. The molecule has 0 spiro atoms. The number of benzene rings is 2. The quantitative estimate of drug-likeness (QED) is 0.506. The summed E-state index contributed by atoms with van der Waals surface area (Å²) in [5, 5.41) is 3.20. The molecule has 0 aliphatic heterocycles. The Balaban J connectivity index is 1.84. The van der Waals surface area contributed by atoms with Gasteiger partial charge in [-0.3, -0.25) is 4.79 Å². The van der Waals surface area contributed by atoms with Gasteiger partial charge in [-0.1, -0.05) is 17.7 Å². The zero-order chi connectivity index (χ0) is 22.4. The van der Waals surface area contributed by atoms with E-state index in [0.29, 0.717) is 28.8 Å². The summed E-state index contributed by atoms with van der Waals surface area (Å²) in [6, 6.07) is 14.5. The Kier molecular flexibility index (Phi) is 7.37. The van der Waals surface area contributed by atoms with Crippen molar-refractivity contribution in [2.75, 3.05) is 18.5 Å². The van der Waals surface area contributed by atoms with Gasteiger partial charge < -0.3 is 14.5 Å². The molecule has 1 amide bonds. The van der Waals surface area contributed by atoms with Crippen LogP contribution < -0.4 is 10.1 Å². The molecule has 0 saturated carbocycles. The van der Waals surface area contributed by atoms with Gasteiger partial charge in [0.2, 0.25) is 15.9 Å². The molecular formula is C22H23ClN2O5S. The van der Waals surface area contributed by atoms with E-state index < -0.39 is 22.5 Å². The number of halogens is 1. The molecule has 1 aromatic heterocycles. The van der Waals surface area contributed by atoms with Crippen LogP contribution in [-0.2, 0) is 21.4 Å². The van der Waals surface area contributed by atoms with Gasteiger partial charge in [-0.25, -0.2) is 8.42 Å². The predicted octanol–water partition coefficient (Wildman–Crippen LogP) is 4.47. The fraction of sp³-hybridized carbons (Fsp3) is 0.227. The van der Waals surface area contributed by atoms with Crippen LogP contribution >= 0.6 is 11.6 Å². The van der Waals surface area contributed by atoms with Crippen molar-refractivity contribution in [3.63, 3.8) is 0 Å². The average Bonchev–Trinajstić information content (AvgIpc) is 3.24. The number of hydrogen-bond donors (Lipinski definition) is 1. The highest BCUT2D eigenvalue weighted by molar-refractivity contribution is 7.89. The summed E-state index contributed by atoms with van der Waals surface area (Å²) in [5.41, 5.74) is 1.33. The number of furan rings is 1. The topological polar surface area (TPSA) is 88.9 Å². The highest BCUT2D eigenvalue weighted by atomic mass is 35.5. The molecule has 0 aliphatic carbocycles. The summed E-state index contributed by atoms with van der Waals surface area (Å²) in [6.45, 7) is 3.64. The van der Waals surface area contributed by atoms with Gasteiger partial charge in [-0.2, -0.15) is 4.31 Å². The maximum Gasteiger partial charge on any atom is 0.243 e. The molecule has 3 aromatic rings. The van der Waals surface area contributed by atoms with E-state index in [1.54, 1.807) is 42.5 Å². The van der Waals surface area contributed by atoms with E-state index in [2.05, 4.69) is 5.32 Å². The number of amides is 1. The third kappa shape index (κ3) is 5.88. The lowest BCUT2D eigenvalue weighted by Crippen LogP contribution is -2.37. The molecule has 7 nitrogen and oxygen atoms in total. The molecule has 2 aromatic carbocycles. The SMILES string of the molecule is CCOc1ccc(S(=O)(=O)N(CC(=O)Nc2cc(Cl)ccc2C)Cc2ccco2)cc1. The summed E-state index contributed by atoms with van der Waals surface area (Å²) in [6.07, 6.45) is 1.45. The number of carbonyl (C=O) groups is 1. The van der Waals surface area contributed by atoms with Gasteiger partial charge in [0.1, 0.15) is 11.5 Å². The lowest BCUT2D eigenvalue weighted by atomic mass is 10.2. The van der Waals surface area contributed by atoms with Crippen LogP contribution in [0, 0.1) is 6.92 Å². The molecule has 9 heteroatoms. The van der Waals surface area contributed by atoms with Crippen LogP contribution in [0.25, 0.3) is 0 Å². The van der Waals surface area contributed by atoms with Crippen LogP contribution in [0.3, 0.4) is 0 Å². The summed E-state index contributed by atoms with van der Waals surface area (Å²) < 4.78 is 38.3. The average molecular weight is 463 g/mol. The number of nitrogens with one attached hydrogen (secondary N) is 1. The Labute approximate surface area is 186 Å². The number of aryl methyl sites for hydroxylation is 1. The van der Waals surface area contributed by atoms with Crippen LogP contribution in [0.1, 0.15) is 18.2 Å². The highest BCUT2D eigenvalue weighted by Gasteiger charge is 2.28.